The van der Waals surface area contributed by atoms with Crippen molar-refractivity contribution in [2.45, 2.75) is 44.7 Å². The Bertz CT molecular complexity index is 635. The Balaban J connectivity index is 1.43. The zero-order valence-electron chi connectivity index (χ0n) is 16.8. The van der Waals surface area contributed by atoms with Crippen LogP contribution in [-0.4, -0.2) is 70.8 Å². The minimum Gasteiger partial charge on any atom is -0.350 e. The van der Waals surface area contributed by atoms with Gasteiger partial charge in [-0.2, -0.15) is 11.8 Å². The van der Waals surface area contributed by atoms with Gasteiger partial charge in [0.15, 0.2) is 0 Å². The molecule has 2 fully saturated rings. The first kappa shape index (κ1) is 21.1. The number of nitrogens with zero attached hydrogens (tertiary/aromatic N) is 3. The van der Waals surface area contributed by atoms with Crippen LogP contribution < -0.4 is 5.32 Å². The summed E-state index contributed by atoms with van der Waals surface area (Å²) in [7, 11) is 0. The second kappa shape index (κ2) is 10.8. The standard InChI is InChI=1S/C21H32N4O2S/c1-28-14-9-20(26)24-12-7-19(8-13-24)25-11-4-5-17(16-25)21(27)23-15-18-6-2-3-10-22-18/h2-3,6,10,17,19H,4-5,7-9,11-16H2,1H3,(H,23,27). The lowest BCUT2D eigenvalue weighted by Crippen LogP contribution is -2.51. The SMILES string of the molecule is CSCCC(=O)N1CCC(N2CCCC(C(=O)NCc3ccccn3)C2)CC1. The highest BCUT2D eigenvalue weighted by Gasteiger charge is 2.32. The molecule has 3 heterocycles. The summed E-state index contributed by atoms with van der Waals surface area (Å²) in [5.74, 6) is 1.39. The van der Waals surface area contributed by atoms with Crippen molar-refractivity contribution >= 4 is 23.6 Å². The average Bonchev–Trinajstić information content (AvgIpc) is 2.76. The lowest BCUT2D eigenvalue weighted by atomic mass is 9.93. The summed E-state index contributed by atoms with van der Waals surface area (Å²) in [4.78, 5) is 33.6. The van der Waals surface area contributed by atoms with Crippen molar-refractivity contribution in [1.29, 1.82) is 0 Å². The minimum atomic E-state index is 0.0544. The van der Waals surface area contributed by atoms with Crippen molar-refractivity contribution in [3.8, 4) is 0 Å². The smallest absolute Gasteiger partial charge is 0.224 e. The summed E-state index contributed by atoms with van der Waals surface area (Å²) in [6.45, 7) is 4.09. The number of likely N-dealkylation sites (tertiary alicyclic amines) is 2. The molecule has 0 aromatic carbocycles. The topological polar surface area (TPSA) is 65.5 Å². The van der Waals surface area contributed by atoms with Gasteiger partial charge in [0.25, 0.3) is 0 Å². The van der Waals surface area contributed by atoms with Gasteiger partial charge in [0.1, 0.15) is 0 Å². The first-order valence-corrected chi connectivity index (χ1v) is 11.7. The lowest BCUT2D eigenvalue weighted by Gasteiger charge is -2.42. The van der Waals surface area contributed by atoms with E-state index in [1.54, 1.807) is 18.0 Å². The van der Waals surface area contributed by atoms with E-state index in [0.29, 0.717) is 24.9 Å². The van der Waals surface area contributed by atoms with Crippen molar-refractivity contribution in [2.24, 2.45) is 5.92 Å². The lowest BCUT2D eigenvalue weighted by molar-refractivity contribution is -0.132. The number of hydrogen-bond acceptors (Lipinski definition) is 5. The molecule has 2 amide bonds. The number of piperidine rings is 2. The van der Waals surface area contributed by atoms with Gasteiger partial charge in [0, 0.05) is 44.0 Å². The summed E-state index contributed by atoms with van der Waals surface area (Å²) in [5.41, 5.74) is 0.891. The highest BCUT2D eigenvalue weighted by Crippen LogP contribution is 2.24. The molecule has 1 aromatic heterocycles. The summed E-state index contributed by atoms with van der Waals surface area (Å²) in [6.07, 6.45) is 8.50. The molecule has 2 aliphatic rings. The third kappa shape index (κ3) is 5.95. The van der Waals surface area contributed by atoms with E-state index in [2.05, 4.69) is 15.2 Å². The van der Waals surface area contributed by atoms with Gasteiger partial charge in [-0.25, -0.2) is 0 Å². The molecule has 0 spiro atoms. The third-order valence-corrected chi connectivity index (χ3v) is 6.46. The Morgan fingerprint density at radius 3 is 2.75 bits per heavy atom. The maximum atomic E-state index is 12.6. The molecule has 3 rings (SSSR count). The normalized spacial score (nSPS) is 21.5. The van der Waals surface area contributed by atoms with E-state index >= 15 is 0 Å². The van der Waals surface area contributed by atoms with Crippen LogP contribution in [-0.2, 0) is 16.1 Å². The van der Waals surface area contributed by atoms with Gasteiger partial charge < -0.3 is 10.2 Å². The average molecular weight is 405 g/mol. The largest absolute Gasteiger partial charge is 0.350 e. The molecule has 7 heteroatoms. The molecule has 154 valence electrons. The first-order chi connectivity index (χ1) is 13.7. The maximum absolute atomic E-state index is 12.6. The Kier molecular flexibility index (Phi) is 8.15. The number of pyridine rings is 1. The Hall–Kier alpha value is -1.60. The van der Waals surface area contributed by atoms with Crippen LogP contribution in [0.3, 0.4) is 0 Å². The van der Waals surface area contributed by atoms with E-state index in [1.165, 1.54) is 0 Å². The zero-order chi connectivity index (χ0) is 19.8. The van der Waals surface area contributed by atoms with Crippen molar-refractivity contribution in [3.05, 3.63) is 30.1 Å². The number of thioether (sulfide) groups is 1. The molecule has 2 aliphatic heterocycles. The molecule has 1 atom stereocenters. The van der Waals surface area contributed by atoms with Crippen LogP contribution in [0.25, 0.3) is 0 Å². The quantitative estimate of drug-likeness (QED) is 0.754. The maximum Gasteiger partial charge on any atom is 0.224 e. The van der Waals surface area contributed by atoms with Crippen molar-refractivity contribution in [3.63, 3.8) is 0 Å². The van der Waals surface area contributed by atoms with Gasteiger partial charge in [0.2, 0.25) is 11.8 Å². The third-order valence-electron chi connectivity index (χ3n) is 5.85. The van der Waals surface area contributed by atoms with E-state index in [0.717, 1.165) is 63.3 Å². The number of nitrogens with one attached hydrogen (secondary N) is 1. The Morgan fingerprint density at radius 2 is 2.04 bits per heavy atom. The summed E-state index contributed by atoms with van der Waals surface area (Å²) >= 11 is 1.73. The van der Waals surface area contributed by atoms with Gasteiger partial charge in [-0.3, -0.25) is 19.5 Å². The van der Waals surface area contributed by atoms with Crippen LogP contribution >= 0.6 is 11.8 Å². The van der Waals surface area contributed by atoms with Crippen LogP contribution in [0.5, 0.6) is 0 Å². The molecule has 1 unspecified atom stereocenters. The Labute approximate surface area is 172 Å². The molecule has 28 heavy (non-hydrogen) atoms. The number of amides is 2. The fraction of sp³-hybridized carbons (Fsp3) is 0.667. The second-order valence-electron chi connectivity index (χ2n) is 7.73. The minimum absolute atomic E-state index is 0.0544. The van der Waals surface area contributed by atoms with E-state index in [-0.39, 0.29) is 11.8 Å². The second-order valence-corrected chi connectivity index (χ2v) is 8.71. The molecule has 2 saturated heterocycles. The monoisotopic (exact) mass is 404 g/mol. The predicted molar refractivity (Wildman–Crippen MR) is 113 cm³/mol. The summed E-state index contributed by atoms with van der Waals surface area (Å²) in [6, 6.07) is 6.25. The fourth-order valence-electron chi connectivity index (χ4n) is 4.20. The Morgan fingerprint density at radius 1 is 1.21 bits per heavy atom. The number of aromatic nitrogens is 1. The number of carbonyl (C=O) groups is 2. The van der Waals surface area contributed by atoms with Gasteiger partial charge >= 0.3 is 0 Å². The molecule has 0 bridgehead atoms. The van der Waals surface area contributed by atoms with Gasteiger partial charge in [-0.05, 0) is 50.6 Å². The number of rotatable bonds is 7. The molecule has 1 aromatic rings. The van der Waals surface area contributed by atoms with Crippen LogP contribution in [0.15, 0.2) is 24.4 Å². The van der Waals surface area contributed by atoms with Crippen LogP contribution in [0.1, 0.15) is 37.8 Å². The first-order valence-electron chi connectivity index (χ1n) is 10.4. The number of hydrogen-bond donors (Lipinski definition) is 1. The van der Waals surface area contributed by atoms with Crippen molar-refractivity contribution in [2.75, 3.05) is 38.2 Å². The van der Waals surface area contributed by atoms with Gasteiger partial charge in [-0.15, -0.1) is 0 Å². The van der Waals surface area contributed by atoms with E-state index in [9.17, 15) is 9.59 Å². The van der Waals surface area contributed by atoms with Gasteiger partial charge in [0.05, 0.1) is 18.2 Å². The van der Waals surface area contributed by atoms with Crippen LogP contribution in [0, 0.1) is 5.92 Å². The van der Waals surface area contributed by atoms with Crippen molar-refractivity contribution < 1.29 is 9.59 Å². The summed E-state index contributed by atoms with van der Waals surface area (Å²) < 4.78 is 0. The van der Waals surface area contributed by atoms with Crippen molar-refractivity contribution in [1.82, 2.24) is 20.1 Å². The highest BCUT2D eigenvalue weighted by atomic mass is 32.2. The van der Waals surface area contributed by atoms with Gasteiger partial charge in [-0.1, -0.05) is 6.07 Å². The van der Waals surface area contributed by atoms with Crippen LogP contribution in [0.2, 0.25) is 0 Å². The molecule has 1 N–H and O–H groups in total. The zero-order valence-corrected chi connectivity index (χ0v) is 17.6. The molecule has 0 aliphatic carbocycles. The van der Waals surface area contributed by atoms with E-state index < -0.39 is 0 Å². The molecular weight excluding hydrogens is 372 g/mol. The van der Waals surface area contributed by atoms with Crippen LogP contribution in [0.4, 0.5) is 0 Å². The fourth-order valence-corrected chi connectivity index (χ4v) is 4.58. The van der Waals surface area contributed by atoms with E-state index in [1.807, 2.05) is 29.4 Å². The molecule has 0 radical (unpaired) electrons. The molecule has 0 saturated carbocycles. The molecular formula is C21H32N4O2S. The molecule has 6 nitrogen and oxygen atoms in total. The summed E-state index contributed by atoms with van der Waals surface area (Å²) in [5, 5.41) is 3.05. The number of carbonyl (C=O) groups excluding carboxylic acids is 2. The van der Waals surface area contributed by atoms with E-state index in [4.69, 9.17) is 0 Å². The predicted octanol–water partition coefficient (Wildman–Crippen LogP) is 2.15. The highest BCUT2D eigenvalue weighted by molar-refractivity contribution is 7.98.